The molecule has 1 aromatic carbocycles. The molecular formula is C28H30N4O4. The monoisotopic (exact) mass is 486 g/mol. The fourth-order valence-corrected chi connectivity index (χ4v) is 4.88. The van der Waals surface area contributed by atoms with Crippen molar-refractivity contribution in [1.29, 1.82) is 0 Å². The molecule has 0 saturated carbocycles. The number of ether oxygens (including phenoxy) is 1. The van der Waals surface area contributed by atoms with E-state index in [0.29, 0.717) is 44.0 Å². The van der Waals surface area contributed by atoms with Gasteiger partial charge in [0, 0.05) is 60.8 Å². The topological polar surface area (TPSA) is 100 Å². The quantitative estimate of drug-likeness (QED) is 0.422. The van der Waals surface area contributed by atoms with Crippen LogP contribution in [0.5, 0.6) is 0 Å². The number of aromatic nitrogens is 2. The Morgan fingerprint density at radius 2 is 2.03 bits per heavy atom. The molecule has 0 unspecified atom stereocenters. The normalized spacial score (nSPS) is 13.2. The van der Waals surface area contributed by atoms with Crippen molar-refractivity contribution in [2.24, 2.45) is 0 Å². The molecule has 0 atom stereocenters. The van der Waals surface area contributed by atoms with E-state index < -0.39 is 0 Å². The number of nitrogens with zero attached hydrogens (tertiary/aromatic N) is 2. The van der Waals surface area contributed by atoms with Crippen LogP contribution < -0.4 is 5.32 Å². The number of fused-ring (bicyclic) bond motifs is 2. The van der Waals surface area contributed by atoms with Crippen LogP contribution in [-0.4, -0.2) is 40.3 Å². The molecule has 1 aliphatic heterocycles. The second kappa shape index (κ2) is 9.62. The molecule has 2 amide bonds. The second-order valence-corrected chi connectivity index (χ2v) is 9.32. The number of nitrogens with one attached hydrogen (secondary N) is 2. The van der Waals surface area contributed by atoms with Crippen molar-refractivity contribution in [3.8, 4) is 0 Å². The van der Waals surface area contributed by atoms with Crippen LogP contribution in [0.3, 0.4) is 0 Å². The van der Waals surface area contributed by atoms with E-state index in [1.54, 1.807) is 19.2 Å². The van der Waals surface area contributed by atoms with Crippen LogP contribution in [0.25, 0.3) is 10.9 Å². The molecule has 3 aromatic heterocycles. The number of hydrogen-bond acceptors (Lipinski definition) is 5. The third kappa shape index (κ3) is 4.40. The summed E-state index contributed by atoms with van der Waals surface area (Å²) in [5.74, 6) is 0.580. The van der Waals surface area contributed by atoms with E-state index in [9.17, 15) is 9.59 Å². The van der Waals surface area contributed by atoms with Gasteiger partial charge in [-0.25, -0.2) is 0 Å². The fraction of sp³-hybridized carbons (Fsp3) is 0.321. The summed E-state index contributed by atoms with van der Waals surface area (Å²) in [7, 11) is 1.58. The minimum Gasteiger partial charge on any atom is -0.453 e. The first-order valence-corrected chi connectivity index (χ1v) is 12.1. The van der Waals surface area contributed by atoms with Gasteiger partial charge in [0.25, 0.3) is 11.8 Å². The number of aryl methyl sites for hydroxylation is 3. The third-order valence-electron chi connectivity index (χ3n) is 7.04. The average molecular weight is 487 g/mol. The van der Waals surface area contributed by atoms with Crippen LogP contribution in [0.1, 0.15) is 60.3 Å². The Bertz CT molecular complexity index is 1470. The predicted octanol–water partition coefficient (Wildman–Crippen LogP) is 4.36. The van der Waals surface area contributed by atoms with Crippen molar-refractivity contribution < 1.29 is 18.7 Å². The summed E-state index contributed by atoms with van der Waals surface area (Å²) in [5, 5.41) is 4.03. The summed E-state index contributed by atoms with van der Waals surface area (Å²) in [4.78, 5) is 35.8. The maximum Gasteiger partial charge on any atom is 0.287 e. The molecule has 8 nitrogen and oxygen atoms in total. The summed E-state index contributed by atoms with van der Waals surface area (Å²) in [6, 6.07) is 9.22. The van der Waals surface area contributed by atoms with Crippen molar-refractivity contribution in [2.75, 3.05) is 13.7 Å². The van der Waals surface area contributed by atoms with E-state index in [-0.39, 0.29) is 17.6 Å². The van der Waals surface area contributed by atoms with Gasteiger partial charge in [-0.2, -0.15) is 0 Å². The van der Waals surface area contributed by atoms with Gasteiger partial charge in [0.05, 0.1) is 0 Å². The Morgan fingerprint density at radius 3 is 2.83 bits per heavy atom. The number of aromatic amines is 1. The third-order valence-corrected chi connectivity index (χ3v) is 7.04. The summed E-state index contributed by atoms with van der Waals surface area (Å²) < 4.78 is 10.6. The number of methoxy groups -OCH3 is 1. The number of carbonyl (C=O) groups is 2. The zero-order chi connectivity index (χ0) is 25.4. The van der Waals surface area contributed by atoms with Gasteiger partial charge in [-0.1, -0.05) is 0 Å². The predicted molar refractivity (Wildman–Crippen MR) is 136 cm³/mol. The van der Waals surface area contributed by atoms with Gasteiger partial charge in [0.15, 0.2) is 5.76 Å². The first kappa shape index (κ1) is 23.8. The highest BCUT2D eigenvalue weighted by Gasteiger charge is 2.25. The molecule has 36 heavy (non-hydrogen) atoms. The zero-order valence-corrected chi connectivity index (χ0v) is 21.0. The maximum atomic E-state index is 13.4. The van der Waals surface area contributed by atoms with Crippen LogP contribution in [0.15, 0.2) is 40.9 Å². The minimum absolute atomic E-state index is 0.0147. The highest BCUT2D eigenvalue weighted by molar-refractivity contribution is 5.99. The Kier molecular flexibility index (Phi) is 6.36. The van der Waals surface area contributed by atoms with Gasteiger partial charge in [0.2, 0.25) is 0 Å². The van der Waals surface area contributed by atoms with Crippen molar-refractivity contribution in [1.82, 2.24) is 20.2 Å². The van der Waals surface area contributed by atoms with E-state index >= 15 is 0 Å². The highest BCUT2D eigenvalue weighted by Crippen LogP contribution is 2.27. The van der Waals surface area contributed by atoms with Gasteiger partial charge in [0.1, 0.15) is 12.4 Å². The number of furan rings is 1. The Balaban J connectivity index is 1.31. The molecule has 4 heterocycles. The van der Waals surface area contributed by atoms with E-state index in [1.807, 2.05) is 43.1 Å². The van der Waals surface area contributed by atoms with Crippen molar-refractivity contribution in [3.05, 3.63) is 87.3 Å². The number of H-pyrrole nitrogens is 1. The van der Waals surface area contributed by atoms with Crippen molar-refractivity contribution in [2.45, 2.75) is 46.9 Å². The van der Waals surface area contributed by atoms with Crippen LogP contribution in [0.2, 0.25) is 0 Å². The molecule has 0 fully saturated rings. The Labute approximate surface area is 209 Å². The van der Waals surface area contributed by atoms with E-state index in [1.165, 1.54) is 5.56 Å². The van der Waals surface area contributed by atoms with Crippen LogP contribution in [-0.2, 0) is 30.9 Å². The lowest BCUT2D eigenvalue weighted by molar-refractivity contribution is 0.0734. The number of amides is 2. The van der Waals surface area contributed by atoms with E-state index in [2.05, 4.69) is 22.2 Å². The number of hydrogen-bond donors (Lipinski definition) is 2. The molecule has 0 saturated heterocycles. The lowest BCUT2D eigenvalue weighted by atomic mass is 9.94. The molecule has 1 aliphatic rings. The molecule has 2 N–H and O–H groups in total. The number of rotatable bonds is 6. The average Bonchev–Trinajstić information content (AvgIpc) is 3.46. The number of benzene rings is 1. The molecule has 5 rings (SSSR count). The summed E-state index contributed by atoms with van der Waals surface area (Å²) in [5.41, 5.74) is 8.05. The molecular weight excluding hydrogens is 456 g/mol. The molecule has 0 spiro atoms. The lowest BCUT2D eigenvalue weighted by Gasteiger charge is -2.30. The molecule has 0 aliphatic carbocycles. The maximum absolute atomic E-state index is 13.4. The molecule has 4 aromatic rings. The highest BCUT2D eigenvalue weighted by atomic mass is 16.5. The van der Waals surface area contributed by atoms with Crippen molar-refractivity contribution >= 4 is 22.7 Å². The van der Waals surface area contributed by atoms with Gasteiger partial charge in [-0.05, 0) is 79.8 Å². The van der Waals surface area contributed by atoms with E-state index in [0.717, 1.165) is 39.0 Å². The minimum atomic E-state index is -0.285. The van der Waals surface area contributed by atoms with Crippen LogP contribution in [0, 0.1) is 20.8 Å². The standard InChI is InChI=1S/C28H30N4O4/c1-16-17(2)31-25-7-5-19(11-23(16)25)28(34)32-10-9-22-20(14-32)12-29-18(3)24(22)13-30-27(33)26-8-6-21(36-26)15-35-4/h5-8,11-12,31H,9-10,13-15H2,1-4H3,(H,30,33). The smallest absolute Gasteiger partial charge is 0.287 e. The van der Waals surface area contributed by atoms with Gasteiger partial charge < -0.3 is 24.4 Å². The first-order chi connectivity index (χ1) is 17.4. The Morgan fingerprint density at radius 1 is 1.19 bits per heavy atom. The molecule has 8 heteroatoms. The Hall–Kier alpha value is -3.91. The first-order valence-electron chi connectivity index (χ1n) is 12.1. The SMILES string of the molecule is COCc1ccc(C(=O)NCc2c(C)ncc3c2CCN(C(=O)c2ccc4[nH]c(C)c(C)c4c2)C3)o1. The molecule has 0 radical (unpaired) electrons. The van der Waals surface area contributed by atoms with E-state index in [4.69, 9.17) is 9.15 Å². The number of carbonyl (C=O) groups excluding carboxylic acids is 2. The van der Waals surface area contributed by atoms with Gasteiger partial charge in [-0.3, -0.25) is 14.6 Å². The van der Waals surface area contributed by atoms with Crippen LogP contribution >= 0.6 is 0 Å². The van der Waals surface area contributed by atoms with Crippen LogP contribution in [0.4, 0.5) is 0 Å². The number of pyridine rings is 1. The van der Waals surface area contributed by atoms with Gasteiger partial charge >= 0.3 is 0 Å². The largest absolute Gasteiger partial charge is 0.453 e. The van der Waals surface area contributed by atoms with Crippen molar-refractivity contribution in [3.63, 3.8) is 0 Å². The summed E-state index contributed by atoms with van der Waals surface area (Å²) in [6.45, 7) is 7.81. The zero-order valence-electron chi connectivity index (χ0n) is 21.0. The summed E-state index contributed by atoms with van der Waals surface area (Å²) >= 11 is 0. The van der Waals surface area contributed by atoms with Gasteiger partial charge in [-0.15, -0.1) is 0 Å². The second-order valence-electron chi connectivity index (χ2n) is 9.32. The molecule has 186 valence electrons. The summed E-state index contributed by atoms with van der Waals surface area (Å²) in [6.07, 6.45) is 2.56. The lowest BCUT2D eigenvalue weighted by Crippen LogP contribution is -2.37. The fourth-order valence-electron chi connectivity index (χ4n) is 4.88. The molecule has 0 bridgehead atoms.